The van der Waals surface area contributed by atoms with Crippen molar-refractivity contribution in [3.05, 3.63) is 23.8 Å². The van der Waals surface area contributed by atoms with Gasteiger partial charge >= 0.3 is 0 Å². The number of benzene rings is 1. The molecule has 0 bridgehead atoms. The standard InChI is InChI=1S/C22H34N4O3/c1-4-24-21(27)15-29-19-10-9-16(11-20(19)28-3)12-25-22(23-2)26-13-17-7-5-6-8-18(17)14-26/h9-11,17-18H,4-8,12-15H2,1-3H3,(H,23,25)(H,24,27). The third kappa shape index (κ3) is 5.55. The fourth-order valence-corrected chi connectivity index (χ4v) is 4.42. The predicted molar refractivity (Wildman–Crippen MR) is 114 cm³/mol. The summed E-state index contributed by atoms with van der Waals surface area (Å²) >= 11 is 0. The molecule has 1 aromatic rings. The second kappa shape index (κ2) is 10.4. The second-order valence-electron chi connectivity index (χ2n) is 7.84. The summed E-state index contributed by atoms with van der Waals surface area (Å²) in [6, 6.07) is 5.78. The van der Waals surface area contributed by atoms with Crippen molar-refractivity contribution in [2.24, 2.45) is 16.8 Å². The number of fused-ring (bicyclic) bond motifs is 1. The number of likely N-dealkylation sites (N-methyl/N-ethyl adjacent to an activating group) is 1. The van der Waals surface area contributed by atoms with Crippen LogP contribution < -0.4 is 20.1 Å². The molecule has 7 heteroatoms. The average Bonchev–Trinajstić information content (AvgIpc) is 3.17. The highest BCUT2D eigenvalue weighted by Gasteiger charge is 2.35. The zero-order valence-corrected chi connectivity index (χ0v) is 17.9. The highest BCUT2D eigenvalue weighted by molar-refractivity contribution is 5.80. The number of likely N-dealkylation sites (tertiary alicyclic amines) is 1. The molecule has 0 spiro atoms. The van der Waals surface area contributed by atoms with Gasteiger partial charge in [0.2, 0.25) is 0 Å². The van der Waals surface area contributed by atoms with E-state index in [1.54, 1.807) is 7.11 Å². The van der Waals surface area contributed by atoms with E-state index in [4.69, 9.17) is 9.47 Å². The number of nitrogens with one attached hydrogen (secondary N) is 2. The highest BCUT2D eigenvalue weighted by atomic mass is 16.5. The van der Waals surface area contributed by atoms with Gasteiger partial charge in [-0.15, -0.1) is 0 Å². The number of carbonyl (C=O) groups excluding carboxylic acids is 1. The van der Waals surface area contributed by atoms with Crippen LogP contribution >= 0.6 is 0 Å². The Kier molecular flexibility index (Phi) is 7.61. The molecule has 2 atom stereocenters. The number of aliphatic imine (C=N–C) groups is 1. The minimum absolute atomic E-state index is 0.0221. The quantitative estimate of drug-likeness (QED) is 0.541. The van der Waals surface area contributed by atoms with Gasteiger partial charge < -0.3 is 25.0 Å². The minimum atomic E-state index is -0.143. The largest absolute Gasteiger partial charge is 0.493 e. The molecule has 3 rings (SSSR count). The average molecular weight is 403 g/mol. The fourth-order valence-electron chi connectivity index (χ4n) is 4.42. The third-order valence-electron chi connectivity index (χ3n) is 5.90. The number of nitrogens with zero attached hydrogens (tertiary/aromatic N) is 2. The van der Waals surface area contributed by atoms with Gasteiger partial charge in [-0.2, -0.15) is 0 Å². The molecule has 1 aromatic carbocycles. The van der Waals surface area contributed by atoms with Crippen LogP contribution in [0.2, 0.25) is 0 Å². The Labute approximate surface area is 173 Å². The molecular formula is C22H34N4O3. The lowest BCUT2D eigenvalue weighted by molar-refractivity contribution is -0.123. The maximum Gasteiger partial charge on any atom is 0.257 e. The van der Waals surface area contributed by atoms with Crippen molar-refractivity contribution in [2.75, 3.05) is 40.4 Å². The molecule has 7 nitrogen and oxygen atoms in total. The molecule has 2 N–H and O–H groups in total. The SMILES string of the molecule is CCNC(=O)COc1ccc(CNC(=NC)N2CC3CCCCC3C2)cc1OC. The minimum Gasteiger partial charge on any atom is -0.493 e. The summed E-state index contributed by atoms with van der Waals surface area (Å²) in [7, 11) is 3.46. The van der Waals surface area contributed by atoms with Crippen molar-refractivity contribution in [3.8, 4) is 11.5 Å². The van der Waals surface area contributed by atoms with Crippen molar-refractivity contribution < 1.29 is 14.3 Å². The van der Waals surface area contributed by atoms with E-state index in [-0.39, 0.29) is 12.5 Å². The van der Waals surface area contributed by atoms with E-state index in [1.807, 2.05) is 32.2 Å². The number of guanidine groups is 1. The lowest BCUT2D eigenvalue weighted by Gasteiger charge is -2.22. The number of hydrogen-bond acceptors (Lipinski definition) is 4. The van der Waals surface area contributed by atoms with Gasteiger partial charge in [0.05, 0.1) is 7.11 Å². The second-order valence-corrected chi connectivity index (χ2v) is 7.84. The first-order valence-corrected chi connectivity index (χ1v) is 10.7. The van der Waals surface area contributed by atoms with E-state index in [0.717, 1.165) is 36.4 Å². The summed E-state index contributed by atoms with van der Waals surface area (Å²) in [4.78, 5) is 18.5. The molecule has 2 aliphatic rings. The molecule has 0 aromatic heterocycles. The normalized spacial score (nSPS) is 21.5. The Morgan fingerprint density at radius 1 is 1.17 bits per heavy atom. The van der Waals surface area contributed by atoms with Crippen LogP contribution in [-0.2, 0) is 11.3 Å². The molecule has 1 saturated heterocycles. The van der Waals surface area contributed by atoms with Crippen LogP contribution in [0.3, 0.4) is 0 Å². The van der Waals surface area contributed by atoms with Gasteiger partial charge in [0, 0.05) is 33.2 Å². The van der Waals surface area contributed by atoms with Gasteiger partial charge in [0.25, 0.3) is 5.91 Å². The Morgan fingerprint density at radius 3 is 2.52 bits per heavy atom. The van der Waals surface area contributed by atoms with Crippen LogP contribution in [0, 0.1) is 11.8 Å². The van der Waals surface area contributed by atoms with E-state index < -0.39 is 0 Å². The number of rotatable bonds is 7. The Morgan fingerprint density at radius 2 is 1.90 bits per heavy atom. The highest BCUT2D eigenvalue weighted by Crippen LogP contribution is 2.36. The van der Waals surface area contributed by atoms with Crippen molar-refractivity contribution in [3.63, 3.8) is 0 Å². The number of ether oxygens (including phenoxy) is 2. The number of methoxy groups -OCH3 is 1. The van der Waals surface area contributed by atoms with Crippen LogP contribution in [0.1, 0.15) is 38.2 Å². The first kappa shape index (κ1) is 21.3. The molecular weight excluding hydrogens is 368 g/mol. The van der Waals surface area contributed by atoms with Gasteiger partial charge in [0.15, 0.2) is 24.1 Å². The molecule has 1 heterocycles. The Bertz CT molecular complexity index is 708. The number of carbonyl (C=O) groups is 1. The summed E-state index contributed by atoms with van der Waals surface area (Å²) in [5, 5.41) is 6.21. The van der Waals surface area contributed by atoms with E-state index in [2.05, 4.69) is 20.5 Å². The molecule has 2 fully saturated rings. The van der Waals surface area contributed by atoms with Crippen molar-refractivity contribution in [1.82, 2.24) is 15.5 Å². The molecule has 1 aliphatic heterocycles. The Balaban J connectivity index is 1.56. The maximum atomic E-state index is 11.6. The monoisotopic (exact) mass is 402 g/mol. The summed E-state index contributed by atoms with van der Waals surface area (Å²) in [5.41, 5.74) is 1.07. The van der Waals surface area contributed by atoms with Crippen molar-refractivity contribution in [1.29, 1.82) is 0 Å². The molecule has 1 amide bonds. The van der Waals surface area contributed by atoms with E-state index in [1.165, 1.54) is 25.7 Å². The zero-order chi connectivity index (χ0) is 20.6. The van der Waals surface area contributed by atoms with Crippen molar-refractivity contribution in [2.45, 2.75) is 39.2 Å². The van der Waals surface area contributed by atoms with Gasteiger partial charge in [0.1, 0.15) is 0 Å². The van der Waals surface area contributed by atoms with Gasteiger partial charge in [-0.25, -0.2) is 0 Å². The smallest absolute Gasteiger partial charge is 0.257 e. The topological polar surface area (TPSA) is 75.2 Å². The molecule has 1 saturated carbocycles. The summed E-state index contributed by atoms with van der Waals surface area (Å²) in [5.74, 6) is 3.66. The first-order chi connectivity index (χ1) is 14.1. The van der Waals surface area contributed by atoms with Crippen LogP contribution in [-0.4, -0.2) is 57.2 Å². The van der Waals surface area contributed by atoms with Crippen molar-refractivity contribution >= 4 is 11.9 Å². The first-order valence-electron chi connectivity index (χ1n) is 10.7. The lowest BCUT2D eigenvalue weighted by atomic mass is 9.82. The van der Waals surface area contributed by atoms with E-state index >= 15 is 0 Å². The van der Waals surface area contributed by atoms with Crippen LogP contribution in [0.5, 0.6) is 11.5 Å². The lowest BCUT2D eigenvalue weighted by Crippen LogP contribution is -2.39. The number of amides is 1. The van der Waals surface area contributed by atoms with Crippen LogP contribution in [0.25, 0.3) is 0 Å². The molecule has 2 unspecified atom stereocenters. The maximum absolute atomic E-state index is 11.6. The fraction of sp³-hybridized carbons (Fsp3) is 0.636. The molecule has 29 heavy (non-hydrogen) atoms. The summed E-state index contributed by atoms with van der Waals surface area (Å²) in [6.45, 7) is 5.33. The summed E-state index contributed by atoms with van der Waals surface area (Å²) < 4.78 is 11.0. The van der Waals surface area contributed by atoms with Gasteiger partial charge in [-0.1, -0.05) is 18.9 Å². The van der Waals surface area contributed by atoms with Gasteiger partial charge in [-0.3, -0.25) is 9.79 Å². The van der Waals surface area contributed by atoms with E-state index in [0.29, 0.717) is 24.6 Å². The van der Waals surface area contributed by atoms with Crippen LogP contribution in [0.15, 0.2) is 23.2 Å². The predicted octanol–water partition coefficient (Wildman–Crippen LogP) is 2.41. The number of hydrogen-bond donors (Lipinski definition) is 2. The molecule has 0 radical (unpaired) electrons. The zero-order valence-electron chi connectivity index (χ0n) is 17.9. The summed E-state index contributed by atoms with van der Waals surface area (Å²) in [6.07, 6.45) is 5.45. The van der Waals surface area contributed by atoms with Crippen LogP contribution in [0.4, 0.5) is 0 Å². The van der Waals surface area contributed by atoms with E-state index in [9.17, 15) is 4.79 Å². The molecule has 160 valence electrons. The van der Waals surface area contributed by atoms with Gasteiger partial charge in [-0.05, 0) is 49.3 Å². The molecule has 1 aliphatic carbocycles. The third-order valence-corrected chi connectivity index (χ3v) is 5.90. The Hall–Kier alpha value is -2.44.